The van der Waals surface area contributed by atoms with Gasteiger partial charge in [0.2, 0.25) is 4.96 Å². The molecule has 30 heavy (non-hydrogen) atoms. The first-order chi connectivity index (χ1) is 14.4. The molecule has 0 amide bonds. The number of nitrogens with zero attached hydrogens (tertiary/aromatic N) is 3. The Bertz CT molecular complexity index is 1360. The second kappa shape index (κ2) is 8.04. The molecule has 0 atom stereocenters. The van der Waals surface area contributed by atoms with Crippen molar-refractivity contribution in [3.8, 4) is 5.75 Å². The number of benzene rings is 2. The minimum atomic E-state index is -0.359. The Kier molecular flexibility index (Phi) is 5.29. The zero-order valence-corrected chi connectivity index (χ0v) is 17.6. The number of aryl methyl sites for hydroxylation is 2. The van der Waals surface area contributed by atoms with Gasteiger partial charge in [-0.1, -0.05) is 47.7 Å². The van der Waals surface area contributed by atoms with Crippen LogP contribution in [0.15, 0.2) is 47.3 Å². The summed E-state index contributed by atoms with van der Waals surface area (Å²) in [6.07, 6.45) is 5.51. The topological polar surface area (TPSA) is 73.6 Å². The van der Waals surface area contributed by atoms with Crippen LogP contribution in [0, 0.1) is 13.8 Å². The highest BCUT2D eigenvalue weighted by Gasteiger charge is 2.11. The molecule has 0 bridgehead atoms. The van der Waals surface area contributed by atoms with Gasteiger partial charge in [-0.2, -0.15) is 9.50 Å². The fraction of sp³-hybridized carbons (Fsp3) is 0.130. The summed E-state index contributed by atoms with van der Waals surface area (Å²) in [5.41, 5.74) is 3.34. The fourth-order valence-electron chi connectivity index (χ4n) is 3.18. The maximum Gasteiger partial charge on any atom is 0.308 e. The third-order valence-electron chi connectivity index (χ3n) is 4.45. The molecular formula is C23H19N3O3S. The van der Waals surface area contributed by atoms with E-state index in [1.54, 1.807) is 12.2 Å². The minimum Gasteiger partial charge on any atom is -0.426 e. The lowest BCUT2D eigenvalue weighted by Crippen LogP contribution is -2.23. The number of aromatic nitrogens is 3. The van der Waals surface area contributed by atoms with Crippen LogP contribution in [0.5, 0.6) is 5.75 Å². The summed E-state index contributed by atoms with van der Waals surface area (Å²) >= 11 is 1.29. The predicted octanol–water partition coefficient (Wildman–Crippen LogP) is 3.41. The number of hydrogen-bond acceptors (Lipinski definition) is 6. The van der Waals surface area contributed by atoms with Gasteiger partial charge in [0.05, 0.1) is 4.53 Å². The van der Waals surface area contributed by atoms with E-state index in [2.05, 4.69) is 10.1 Å². The second-order valence-corrected chi connectivity index (χ2v) is 7.91. The smallest absolute Gasteiger partial charge is 0.308 e. The molecule has 0 N–H and O–H groups in total. The number of carbonyl (C=O) groups excluding carboxylic acids is 1. The van der Waals surface area contributed by atoms with Crippen molar-refractivity contribution in [3.63, 3.8) is 0 Å². The number of hydrogen-bond donors (Lipinski definition) is 0. The number of rotatable bonds is 4. The molecule has 150 valence electrons. The third kappa shape index (κ3) is 4.06. The van der Waals surface area contributed by atoms with Crippen molar-refractivity contribution >= 4 is 40.5 Å². The van der Waals surface area contributed by atoms with Crippen molar-refractivity contribution in [1.82, 2.24) is 14.6 Å². The second-order valence-electron chi connectivity index (χ2n) is 6.90. The van der Waals surface area contributed by atoms with E-state index in [9.17, 15) is 9.59 Å². The zero-order chi connectivity index (χ0) is 21.3. The summed E-state index contributed by atoms with van der Waals surface area (Å²) in [4.78, 5) is 29.0. The van der Waals surface area contributed by atoms with Crippen LogP contribution in [-0.2, 0) is 4.79 Å². The first-order valence-corrected chi connectivity index (χ1v) is 10.2. The van der Waals surface area contributed by atoms with E-state index in [1.165, 1.54) is 22.8 Å². The quantitative estimate of drug-likeness (QED) is 0.376. The lowest BCUT2D eigenvalue weighted by Gasteiger charge is -2.10. The van der Waals surface area contributed by atoms with Gasteiger partial charge in [0, 0.05) is 6.92 Å². The Balaban J connectivity index is 1.67. The van der Waals surface area contributed by atoms with Gasteiger partial charge in [-0.15, -0.1) is 5.10 Å². The summed E-state index contributed by atoms with van der Waals surface area (Å²) in [5, 5.41) is 4.31. The molecule has 6 nitrogen and oxygen atoms in total. The lowest BCUT2D eigenvalue weighted by atomic mass is 10.1. The number of thiazole rings is 1. The maximum atomic E-state index is 12.7. The van der Waals surface area contributed by atoms with Crippen LogP contribution >= 0.6 is 11.3 Å². The first kappa shape index (κ1) is 19.7. The standard InChI is InChI=1S/C23H19N3O3S/c1-14-11-18(12-15(2)21(14)29-16(3)27)13-19-22(28)26-23(30-19)24-20(25-26)10-9-17-7-5-4-6-8-17/h4-13H,1-3H3/b10-9+,19-13+. The highest BCUT2D eigenvalue weighted by molar-refractivity contribution is 7.15. The molecule has 2 heterocycles. The largest absolute Gasteiger partial charge is 0.426 e. The van der Waals surface area contributed by atoms with Crippen molar-refractivity contribution < 1.29 is 9.53 Å². The average Bonchev–Trinajstić information content (AvgIpc) is 3.23. The van der Waals surface area contributed by atoms with Gasteiger partial charge in [-0.3, -0.25) is 9.59 Å². The number of fused-ring (bicyclic) bond motifs is 1. The fourth-order valence-corrected chi connectivity index (χ4v) is 4.09. The van der Waals surface area contributed by atoms with E-state index in [0.717, 1.165) is 22.3 Å². The predicted molar refractivity (Wildman–Crippen MR) is 119 cm³/mol. The molecule has 0 fully saturated rings. The SMILES string of the molecule is CC(=O)Oc1c(C)cc(/C=c2/sc3nc(/C=C/c4ccccc4)nn3c2=O)cc1C. The number of carbonyl (C=O) groups is 1. The number of esters is 1. The van der Waals surface area contributed by atoms with Crippen molar-refractivity contribution in [2.45, 2.75) is 20.8 Å². The van der Waals surface area contributed by atoms with E-state index in [0.29, 0.717) is 21.1 Å². The van der Waals surface area contributed by atoms with Crippen molar-refractivity contribution in [1.29, 1.82) is 0 Å². The normalized spacial score (nSPS) is 12.2. The minimum absolute atomic E-state index is 0.207. The van der Waals surface area contributed by atoms with Gasteiger partial charge in [0.25, 0.3) is 5.56 Å². The number of ether oxygens (including phenoxy) is 1. The molecule has 0 aliphatic carbocycles. The van der Waals surface area contributed by atoms with Crippen LogP contribution in [0.1, 0.15) is 35.0 Å². The molecule has 0 saturated heterocycles. The molecule has 7 heteroatoms. The van der Waals surface area contributed by atoms with E-state index >= 15 is 0 Å². The van der Waals surface area contributed by atoms with Crippen LogP contribution in [0.3, 0.4) is 0 Å². The van der Waals surface area contributed by atoms with Gasteiger partial charge >= 0.3 is 5.97 Å². The van der Waals surface area contributed by atoms with Crippen molar-refractivity contribution in [3.05, 3.63) is 85.4 Å². The average molecular weight is 417 g/mol. The van der Waals surface area contributed by atoms with E-state index in [4.69, 9.17) is 4.74 Å². The molecule has 0 aliphatic heterocycles. The third-order valence-corrected chi connectivity index (χ3v) is 5.41. The van der Waals surface area contributed by atoms with E-state index in [-0.39, 0.29) is 11.5 Å². The van der Waals surface area contributed by atoms with Crippen LogP contribution < -0.4 is 14.8 Å². The molecule has 2 aromatic carbocycles. The van der Waals surface area contributed by atoms with Crippen LogP contribution in [-0.4, -0.2) is 20.6 Å². The molecule has 0 saturated carbocycles. The summed E-state index contributed by atoms with van der Waals surface area (Å²) in [5.74, 6) is 0.688. The van der Waals surface area contributed by atoms with Crippen LogP contribution in [0.2, 0.25) is 0 Å². The van der Waals surface area contributed by atoms with Crippen molar-refractivity contribution in [2.75, 3.05) is 0 Å². The molecule has 0 unspecified atom stereocenters. The summed E-state index contributed by atoms with van der Waals surface area (Å²) < 4.78 is 7.14. The van der Waals surface area contributed by atoms with Gasteiger partial charge in [0.15, 0.2) is 5.82 Å². The summed E-state index contributed by atoms with van der Waals surface area (Å²) in [6, 6.07) is 13.6. The van der Waals surface area contributed by atoms with Gasteiger partial charge in [-0.25, -0.2) is 0 Å². The van der Waals surface area contributed by atoms with E-state index in [1.807, 2.05) is 62.4 Å². The zero-order valence-electron chi connectivity index (χ0n) is 16.7. The Morgan fingerprint density at radius 3 is 2.40 bits per heavy atom. The van der Waals surface area contributed by atoms with Crippen LogP contribution in [0.25, 0.3) is 23.2 Å². The van der Waals surface area contributed by atoms with Gasteiger partial charge < -0.3 is 4.74 Å². The summed E-state index contributed by atoms with van der Waals surface area (Å²) in [7, 11) is 0. The lowest BCUT2D eigenvalue weighted by molar-refractivity contribution is -0.131. The Hall–Kier alpha value is -3.58. The van der Waals surface area contributed by atoms with Gasteiger partial charge in [0.1, 0.15) is 5.75 Å². The van der Waals surface area contributed by atoms with Crippen LogP contribution in [0.4, 0.5) is 0 Å². The molecule has 0 radical (unpaired) electrons. The van der Waals surface area contributed by atoms with Crippen molar-refractivity contribution in [2.24, 2.45) is 0 Å². The Labute approximate surface area is 176 Å². The highest BCUT2D eigenvalue weighted by atomic mass is 32.1. The molecule has 2 aromatic heterocycles. The molecule has 4 rings (SSSR count). The Morgan fingerprint density at radius 2 is 1.77 bits per heavy atom. The monoisotopic (exact) mass is 417 g/mol. The molecule has 0 spiro atoms. The first-order valence-electron chi connectivity index (χ1n) is 9.35. The molecular weight excluding hydrogens is 398 g/mol. The molecule has 4 aromatic rings. The molecule has 0 aliphatic rings. The summed E-state index contributed by atoms with van der Waals surface area (Å²) in [6.45, 7) is 5.12. The van der Waals surface area contributed by atoms with Gasteiger partial charge in [-0.05, 0) is 60.4 Å². The Morgan fingerprint density at radius 1 is 1.07 bits per heavy atom. The maximum absolute atomic E-state index is 12.7. The van der Waals surface area contributed by atoms with E-state index < -0.39 is 0 Å². The highest BCUT2D eigenvalue weighted by Crippen LogP contribution is 2.25.